The van der Waals surface area contributed by atoms with E-state index in [1.807, 2.05) is 45.0 Å². The number of ether oxygens (including phenoxy) is 2. The minimum atomic E-state index is -0.826. The van der Waals surface area contributed by atoms with Crippen LogP contribution in [0.15, 0.2) is 48.5 Å². The highest BCUT2D eigenvalue weighted by atomic mass is 35.5. The third-order valence-electron chi connectivity index (χ3n) is 3.70. The molecule has 5 nitrogen and oxygen atoms in total. The lowest BCUT2D eigenvalue weighted by atomic mass is 10.0. The van der Waals surface area contributed by atoms with E-state index in [0.29, 0.717) is 17.0 Å². The van der Waals surface area contributed by atoms with Crippen molar-refractivity contribution in [2.75, 3.05) is 7.11 Å². The maximum atomic E-state index is 12.5. The van der Waals surface area contributed by atoms with Crippen molar-refractivity contribution in [1.82, 2.24) is 5.32 Å². The Bertz CT molecular complexity index is 797. The van der Waals surface area contributed by atoms with Crippen molar-refractivity contribution in [3.05, 3.63) is 64.7 Å². The molecule has 2 aromatic rings. The van der Waals surface area contributed by atoms with E-state index in [4.69, 9.17) is 21.1 Å². The van der Waals surface area contributed by atoms with Crippen LogP contribution in [0.3, 0.4) is 0 Å². The highest BCUT2D eigenvalue weighted by Crippen LogP contribution is 2.20. The first-order valence-corrected chi connectivity index (χ1v) is 8.98. The van der Waals surface area contributed by atoms with E-state index in [1.54, 1.807) is 24.3 Å². The summed E-state index contributed by atoms with van der Waals surface area (Å²) in [4.78, 5) is 24.6. The van der Waals surface area contributed by atoms with E-state index < -0.39 is 17.9 Å². The van der Waals surface area contributed by atoms with Crippen molar-refractivity contribution >= 4 is 23.5 Å². The standard InChI is InChI=1S/C21H24ClNO4/c1-21(2,3)27-15-11-9-14(10-12-15)13-18(20(25)26-4)23-19(24)16-7-5-6-8-17(16)22/h5-12,18H,13H2,1-4H3,(H,23,24). The number of amides is 1. The Balaban J connectivity index is 2.12. The minimum Gasteiger partial charge on any atom is -0.488 e. The average Bonchev–Trinajstić information content (AvgIpc) is 2.61. The predicted molar refractivity (Wildman–Crippen MR) is 105 cm³/mol. The monoisotopic (exact) mass is 389 g/mol. The van der Waals surface area contributed by atoms with Crippen LogP contribution in [0.4, 0.5) is 0 Å². The second kappa shape index (κ2) is 8.91. The molecule has 0 spiro atoms. The molecule has 2 rings (SSSR count). The SMILES string of the molecule is COC(=O)C(Cc1ccc(OC(C)(C)C)cc1)NC(=O)c1ccccc1Cl. The third kappa shape index (κ3) is 6.29. The number of esters is 1. The number of carbonyl (C=O) groups is 2. The normalized spacial score (nSPS) is 12.2. The van der Waals surface area contributed by atoms with Crippen molar-refractivity contribution in [2.45, 2.75) is 38.8 Å². The Morgan fingerprint density at radius 1 is 1.07 bits per heavy atom. The van der Waals surface area contributed by atoms with Crippen molar-refractivity contribution in [2.24, 2.45) is 0 Å². The van der Waals surface area contributed by atoms with Gasteiger partial charge in [-0.15, -0.1) is 0 Å². The molecule has 2 aromatic carbocycles. The van der Waals surface area contributed by atoms with Crippen molar-refractivity contribution < 1.29 is 19.1 Å². The van der Waals surface area contributed by atoms with Crippen LogP contribution in [0.2, 0.25) is 5.02 Å². The lowest BCUT2D eigenvalue weighted by Gasteiger charge is -2.21. The fourth-order valence-electron chi connectivity index (χ4n) is 2.50. The maximum absolute atomic E-state index is 12.5. The van der Waals surface area contributed by atoms with Crippen LogP contribution in [0.5, 0.6) is 5.75 Å². The average molecular weight is 390 g/mol. The van der Waals surface area contributed by atoms with Crippen LogP contribution >= 0.6 is 11.6 Å². The molecule has 1 atom stereocenters. The molecule has 0 aliphatic rings. The number of halogens is 1. The van der Waals surface area contributed by atoms with Gasteiger partial charge < -0.3 is 14.8 Å². The third-order valence-corrected chi connectivity index (χ3v) is 4.03. The molecule has 0 aliphatic heterocycles. The van der Waals surface area contributed by atoms with Gasteiger partial charge in [0.05, 0.1) is 17.7 Å². The van der Waals surface area contributed by atoms with Gasteiger partial charge in [-0.05, 0) is 50.6 Å². The van der Waals surface area contributed by atoms with E-state index in [9.17, 15) is 9.59 Å². The van der Waals surface area contributed by atoms with Gasteiger partial charge in [0.2, 0.25) is 0 Å². The second-order valence-corrected chi connectivity index (χ2v) is 7.50. The number of hydrogen-bond donors (Lipinski definition) is 1. The molecular weight excluding hydrogens is 366 g/mol. The van der Waals surface area contributed by atoms with Gasteiger partial charge in [0.1, 0.15) is 17.4 Å². The van der Waals surface area contributed by atoms with E-state index in [2.05, 4.69) is 5.32 Å². The van der Waals surface area contributed by atoms with Gasteiger partial charge in [-0.3, -0.25) is 4.79 Å². The highest BCUT2D eigenvalue weighted by molar-refractivity contribution is 6.33. The van der Waals surface area contributed by atoms with E-state index in [0.717, 1.165) is 11.3 Å². The first-order valence-electron chi connectivity index (χ1n) is 8.61. The molecular formula is C21H24ClNO4. The number of nitrogens with one attached hydrogen (secondary N) is 1. The molecule has 6 heteroatoms. The summed E-state index contributed by atoms with van der Waals surface area (Å²) in [5, 5.41) is 3.02. The molecule has 0 bridgehead atoms. The Morgan fingerprint density at radius 3 is 2.26 bits per heavy atom. The molecule has 0 heterocycles. The Labute approximate surface area is 164 Å². The van der Waals surface area contributed by atoms with Gasteiger partial charge in [-0.1, -0.05) is 35.9 Å². The maximum Gasteiger partial charge on any atom is 0.328 e. The summed E-state index contributed by atoms with van der Waals surface area (Å²) in [5.41, 5.74) is 0.882. The summed E-state index contributed by atoms with van der Waals surface area (Å²) in [5.74, 6) is -0.213. The summed E-state index contributed by atoms with van der Waals surface area (Å²) in [6.07, 6.45) is 0.290. The molecule has 0 radical (unpaired) electrons. The molecule has 0 aromatic heterocycles. The smallest absolute Gasteiger partial charge is 0.328 e. The van der Waals surface area contributed by atoms with Crippen LogP contribution < -0.4 is 10.1 Å². The largest absolute Gasteiger partial charge is 0.488 e. The number of carbonyl (C=O) groups excluding carboxylic acids is 2. The van der Waals surface area contributed by atoms with Crippen molar-refractivity contribution in [3.8, 4) is 5.75 Å². The molecule has 144 valence electrons. The van der Waals surface area contributed by atoms with Gasteiger partial charge in [0, 0.05) is 6.42 Å². The zero-order valence-electron chi connectivity index (χ0n) is 15.9. The molecule has 0 fully saturated rings. The Kier molecular flexibility index (Phi) is 6.86. The van der Waals surface area contributed by atoms with Gasteiger partial charge in [0.15, 0.2) is 0 Å². The van der Waals surface area contributed by atoms with Crippen LogP contribution in [-0.4, -0.2) is 30.6 Å². The lowest BCUT2D eigenvalue weighted by Crippen LogP contribution is -2.43. The summed E-state index contributed by atoms with van der Waals surface area (Å²) in [7, 11) is 1.29. The van der Waals surface area contributed by atoms with Crippen LogP contribution in [-0.2, 0) is 16.0 Å². The second-order valence-electron chi connectivity index (χ2n) is 7.09. The number of benzene rings is 2. The minimum absolute atomic E-state index is 0.290. The van der Waals surface area contributed by atoms with Gasteiger partial charge in [-0.2, -0.15) is 0 Å². The van der Waals surface area contributed by atoms with Gasteiger partial charge in [0.25, 0.3) is 5.91 Å². The Morgan fingerprint density at radius 2 is 1.70 bits per heavy atom. The van der Waals surface area contributed by atoms with Crippen molar-refractivity contribution in [3.63, 3.8) is 0 Å². The summed E-state index contributed by atoms with van der Waals surface area (Å²) in [6.45, 7) is 5.91. The first kappa shape index (κ1) is 20.8. The number of methoxy groups -OCH3 is 1. The summed E-state index contributed by atoms with van der Waals surface area (Å²) in [6, 6.07) is 13.2. The fourth-order valence-corrected chi connectivity index (χ4v) is 2.72. The molecule has 1 N–H and O–H groups in total. The first-order chi connectivity index (χ1) is 12.7. The Hall–Kier alpha value is -2.53. The lowest BCUT2D eigenvalue weighted by molar-refractivity contribution is -0.142. The molecule has 1 unspecified atom stereocenters. The number of rotatable bonds is 6. The van der Waals surface area contributed by atoms with E-state index >= 15 is 0 Å². The van der Waals surface area contributed by atoms with E-state index in [1.165, 1.54) is 7.11 Å². The summed E-state index contributed by atoms with van der Waals surface area (Å²) < 4.78 is 10.6. The molecule has 0 saturated heterocycles. The molecule has 0 saturated carbocycles. The fraction of sp³-hybridized carbons (Fsp3) is 0.333. The van der Waals surface area contributed by atoms with Gasteiger partial charge >= 0.3 is 5.97 Å². The topological polar surface area (TPSA) is 64.6 Å². The zero-order valence-corrected chi connectivity index (χ0v) is 16.7. The number of hydrogen-bond acceptors (Lipinski definition) is 4. The van der Waals surface area contributed by atoms with Crippen LogP contribution in [0, 0.1) is 0 Å². The predicted octanol–water partition coefficient (Wildman–Crippen LogP) is 4.03. The molecule has 27 heavy (non-hydrogen) atoms. The molecule has 0 aliphatic carbocycles. The van der Waals surface area contributed by atoms with Crippen LogP contribution in [0.1, 0.15) is 36.7 Å². The summed E-state index contributed by atoms with van der Waals surface area (Å²) >= 11 is 6.06. The van der Waals surface area contributed by atoms with Crippen LogP contribution in [0.25, 0.3) is 0 Å². The zero-order chi connectivity index (χ0) is 20.0. The van der Waals surface area contributed by atoms with Crippen molar-refractivity contribution in [1.29, 1.82) is 0 Å². The van der Waals surface area contributed by atoms with Gasteiger partial charge in [-0.25, -0.2) is 4.79 Å². The van der Waals surface area contributed by atoms with E-state index in [-0.39, 0.29) is 5.60 Å². The highest BCUT2D eigenvalue weighted by Gasteiger charge is 2.23. The molecule has 1 amide bonds. The quantitative estimate of drug-likeness (QED) is 0.757.